The molecule has 1 saturated heterocycles. The summed E-state index contributed by atoms with van der Waals surface area (Å²) < 4.78 is 5.73. The number of morpholine rings is 1. The molecule has 0 radical (unpaired) electrons. The van der Waals surface area contributed by atoms with Gasteiger partial charge in [0.2, 0.25) is 5.91 Å². The van der Waals surface area contributed by atoms with E-state index < -0.39 is 0 Å². The van der Waals surface area contributed by atoms with Gasteiger partial charge in [0, 0.05) is 18.8 Å². The van der Waals surface area contributed by atoms with Gasteiger partial charge in [-0.15, -0.1) is 0 Å². The van der Waals surface area contributed by atoms with Crippen LogP contribution in [0, 0.1) is 0 Å². The second-order valence-electron chi connectivity index (χ2n) is 6.65. The number of ether oxygens (including phenoxy) is 1. The summed E-state index contributed by atoms with van der Waals surface area (Å²) in [5.74, 6) is 0.540. The topological polar surface area (TPSA) is 41.6 Å². The number of rotatable bonds is 4. The predicted octanol–water partition coefficient (Wildman–Crippen LogP) is 3.25. The molecule has 1 aromatic rings. The maximum Gasteiger partial charge on any atom is 0.241 e. The molecular formula is C18H28N2O2. The quantitative estimate of drug-likeness (QED) is 0.928. The van der Waals surface area contributed by atoms with Crippen molar-refractivity contribution in [3.05, 3.63) is 29.8 Å². The minimum atomic E-state index is -0.154. The molecule has 3 atom stereocenters. The summed E-state index contributed by atoms with van der Waals surface area (Å²) in [6.45, 7) is 12.0. The van der Waals surface area contributed by atoms with Crippen LogP contribution in [0.4, 0.5) is 5.69 Å². The van der Waals surface area contributed by atoms with Gasteiger partial charge in [-0.05, 0) is 44.4 Å². The van der Waals surface area contributed by atoms with E-state index in [1.54, 1.807) is 0 Å². The molecule has 122 valence electrons. The number of carbonyl (C=O) groups excluding carboxylic acids is 1. The highest BCUT2D eigenvalue weighted by molar-refractivity contribution is 5.94. The van der Waals surface area contributed by atoms with E-state index >= 15 is 0 Å². The van der Waals surface area contributed by atoms with Crippen molar-refractivity contribution in [1.29, 1.82) is 0 Å². The van der Waals surface area contributed by atoms with Crippen molar-refractivity contribution in [2.75, 3.05) is 18.4 Å². The third kappa shape index (κ3) is 4.31. The van der Waals surface area contributed by atoms with Gasteiger partial charge in [0.25, 0.3) is 0 Å². The first-order chi connectivity index (χ1) is 10.4. The fraction of sp³-hybridized carbons (Fsp3) is 0.611. The molecule has 22 heavy (non-hydrogen) atoms. The number of hydrogen-bond donors (Lipinski definition) is 1. The molecule has 1 fully saturated rings. The Morgan fingerprint density at radius 2 is 1.68 bits per heavy atom. The molecule has 1 heterocycles. The third-order valence-corrected chi connectivity index (χ3v) is 4.22. The van der Waals surface area contributed by atoms with Crippen LogP contribution in [0.2, 0.25) is 0 Å². The van der Waals surface area contributed by atoms with Gasteiger partial charge in [-0.25, -0.2) is 0 Å². The standard InChI is InChI=1S/C18H28N2O2/c1-12(2)16-6-8-17(9-7-16)19-18(21)15(5)20-10-13(3)22-14(4)11-20/h6-9,12-15H,10-11H2,1-5H3,(H,19,21)/t13-,14+,15-/m0/s1. The maximum atomic E-state index is 12.5. The average molecular weight is 304 g/mol. The monoisotopic (exact) mass is 304 g/mol. The van der Waals surface area contributed by atoms with Gasteiger partial charge in [0.05, 0.1) is 18.2 Å². The lowest BCUT2D eigenvalue weighted by Gasteiger charge is -2.38. The molecule has 1 amide bonds. The smallest absolute Gasteiger partial charge is 0.241 e. The molecule has 4 nitrogen and oxygen atoms in total. The van der Waals surface area contributed by atoms with Crippen LogP contribution in [-0.4, -0.2) is 42.1 Å². The van der Waals surface area contributed by atoms with Crippen LogP contribution >= 0.6 is 0 Å². The lowest BCUT2D eigenvalue weighted by molar-refractivity contribution is -0.126. The third-order valence-electron chi connectivity index (χ3n) is 4.22. The normalized spacial score (nSPS) is 24.3. The number of nitrogens with one attached hydrogen (secondary N) is 1. The molecule has 1 aliphatic rings. The zero-order chi connectivity index (χ0) is 16.3. The van der Waals surface area contributed by atoms with Crippen LogP contribution in [0.1, 0.15) is 46.1 Å². The fourth-order valence-electron chi connectivity index (χ4n) is 2.90. The summed E-state index contributed by atoms with van der Waals surface area (Å²) in [4.78, 5) is 14.6. The van der Waals surface area contributed by atoms with Crippen LogP contribution in [0.3, 0.4) is 0 Å². The van der Waals surface area contributed by atoms with Crippen molar-refractivity contribution in [3.8, 4) is 0 Å². The predicted molar refractivity (Wildman–Crippen MR) is 90.2 cm³/mol. The minimum absolute atomic E-state index is 0.0404. The Kier molecular flexibility index (Phi) is 5.59. The van der Waals surface area contributed by atoms with Gasteiger partial charge < -0.3 is 10.1 Å². The van der Waals surface area contributed by atoms with Gasteiger partial charge in [-0.2, -0.15) is 0 Å². The lowest BCUT2D eigenvalue weighted by atomic mass is 10.0. The fourth-order valence-corrected chi connectivity index (χ4v) is 2.90. The summed E-state index contributed by atoms with van der Waals surface area (Å²) in [6, 6.07) is 7.95. The molecule has 0 aliphatic carbocycles. The second kappa shape index (κ2) is 7.25. The maximum absolute atomic E-state index is 12.5. The van der Waals surface area contributed by atoms with Crippen LogP contribution in [0.15, 0.2) is 24.3 Å². The number of hydrogen-bond acceptors (Lipinski definition) is 3. The summed E-state index contributed by atoms with van der Waals surface area (Å²) in [7, 11) is 0. The number of carbonyl (C=O) groups is 1. The SMILES string of the molecule is CC(C)c1ccc(NC(=O)[C@H](C)N2C[C@@H](C)O[C@@H](C)C2)cc1. The van der Waals surface area contributed by atoms with Crippen molar-refractivity contribution >= 4 is 11.6 Å². The van der Waals surface area contributed by atoms with Crippen molar-refractivity contribution in [2.24, 2.45) is 0 Å². The first-order valence-electron chi connectivity index (χ1n) is 8.17. The van der Waals surface area contributed by atoms with Gasteiger partial charge in [-0.1, -0.05) is 26.0 Å². The van der Waals surface area contributed by atoms with Gasteiger partial charge >= 0.3 is 0 Å². The Morgan fingerprint density at radius 3 is 2.18 bits per heavy atom. The zero-order valence-electron chi connectivity index (χ0n) is 14.3. The summed E-state index contributed by atoms with van der Waals surface area (Å²) in [6.07, 6.45) is 0.341. The molecule has 0 spiro atoms. The van der Waals surface area contributed by atoms with E-state index in [1.807, 2.05) is 19.1 Å². The van der Waals surface area contributed by atoms with E-state index in [2.05, 4.69) is 50.0 Å². The molecule has 0 aromatic heterocycles. The number of benzene rings is 1. The molecule has 2 rings (SSSR count). The van der Waals surface area contributed by atoms with Crippen molar-refractivity contribution < 1.29 is 9.53 Å². The van der Waals surface area contributed by atoms with Crippen molar-refractivity contribution in [3.63, 3.8) is 0 Å². The van der Waals surface area contributed by atoms with Crippen molar-refractivity contribution in [1.82, 2.24) is 4.90 Å². The minimum Gasteiger partial charge on any atom is -0.373 e. The molecule has 0 bridgehead atoms. The molecule has 1 aliphatic heterocycles. The Bertz CT molecular complexity index is 488. The molecule has 1 aromatic carbocycles. The first kappa shape index (κ1) is 17.0. The Morgan fingerprint density at radius 1 is 1.14 bits per heavy atom. The van der Waals surface area contributed by atoms with E-state index in [0.717, 1.165) is 18.8 Å². The second-order valence-corrected chi connectivity index (χ2v) is 6.65. The van der Waals surface area contributed by atoms with E-state index in [1.165, 1.54) is 5.56 Å². The Hall–Kier alpha value is -1.39. The highest BCUT2D eigenvalue weighted by atomic mass is 16.5. The first-order valence-corrected chi connectivity index (χ1v) is 8.17. The zero-order valence-corrected chi connectivity index (χ0v) is 14.3. The summed E-state index contributed by atoms with van der Waals surface area (Å²) in [5.41, 5.74) is 2.14. The number of anilines is 1. The van der Waals surface area contributed by atoms with Gasteiger partial charge in [0.1, 0.15) is 0 Å². The Balaban J connectivity index is 1.96. The number of amides is 1. The highest BCUT2D eigenvalue weighted by Crippen LogP contribution is 2.18. The molecule has 0 unspecified atom stereocenters. The van der Waals surface area contributed by atoms with Crippen molar-refractivity contribution in [2.45, 2.75) is 58.8 Å². The molecule has 0 saturated carbocycles. The van der Waals surface area contributed by atoms with Gasteiger partial charge in [0.15, 0.2) is 0 Å². The average Bonchev–Trinajstić information content (AvgIpc) is 2.46. The van der Waals surface area contributed by atoms with Crippen LogP contribution in [-0.2, 0) is 9.53 Å². The van der Waals surface area contributed by atoms with E-state index in [-0.39, 0.29) is 24.2 Å². The van der Waals surface area contributed by atoms with E-state index in [9.17, 15) is 4.79 Å². The summed E-state index contributed by atoms with van der Waals surface area (Å²) >= 11 is 0. The molecule has 4 heteroatoms. The lowest BCUT2D eigenvalue weighted by Crippen LogP contribution is -2.52. The summed E-state index contributed by atoms with van der Waals surface area (Å²) in [5, 5.41) is 3.01. The Labute approximate surface area is 133 Å². The van der Waals surface area contributed by atoms with E-state index in [0.29, 0.717) is 5.92 Å². The molecular weight excluding hydrogens is 276 g/mol. The van der Waals surface area contributed by atoms with Crippen LogP contribution in [0.5, 0.6) is 0 Å². The number of nitrogens with zero attached hydrogens (tertiary/aromatic N) is 1. The van der Waals surface area contributed by atoms with Gasteiger partial charge in [-0.3, -0.25) is 9.69 Å². The van der Waals surface area contributed by atoms with Crippen LogP contribution in [0.25, 0.3) is 0 Å². The van der Waals surface area contributed by atoms with Crippen LogP contribution < -0.4 is 5.32 Å². The van der Waals surface area contributed by atoms with E-state index in [4.69, 9.17) is 4.74 Å². The highest BCUT2D eigenvalue weighted by Gasteiger charge is 2.29. The molecule has 1 N–H and O–H groups in total. The largest absolute Gasteiger partial charge is 0.373 e.